The van der Waals surface area contributed by atoms with Crippen LogP contribution in [0.3, 0.4) is 0 Å². The van der Waals surface area contributed by atoms with Crippen molar-refractivity contribution in [2.75, 3.05) is 67.5 Å². The maximum atomic E-state index is 16.0. The summed E-state index contributed by atoms with van der Waals surface area (Å²) in [7, 11) is -1.20. The first kappa shape index (κ1) is 43.2. The summed E-state index contributed by atoms with van der Waals surface area (Å²) in [4.78, 5) is 14.7. The lowest BCUT2D eigenvalue weighted by Crippen LogP contribution is -2.46. The molecule has 0 unspecified atom stereocenters. The number of anilines is 3. The standard InChI is InChI=1S/C44H44ClF4N7O2S2/c1-54(2)20-19-33(28-59-35-11-7-4-8-12-35)52-38-17-18-40(42(46)41(38)44(47,48)49)60(57,58)53-43-37-16-14-34(26-39(37)50-29-51-43)56-23-21-55(22-24-56)27-31-25-32(45)13-15-36(31)30-9-5-3-6-10-30/h3-18,25-26,29,33,52H,19-24,27-28H2,1-2H3,(H,50,51,53)/t33-/m1/s1. The second-order valence-corrected chi connectivity index (χ2v) is 18.0. The molecule has 2 heterocycles. The second kappa shape index (κ2) is 18.8. The average Bonchev–Trinajstić information content (AvgIpc) is 3.22. The number of sulfonamides is 1. The molecule has 0 aliphatic carbocycles. The summed E-state index contributed by atoms with van der Waals surface area (Å²) in [5, 5.41) is 3.85. The fourth-order valence-electron chi connectivity index (χ4n) is 7.21. The molecule has 0 saturated carbocycles. The first-order chi connectivity index (χ1) is 28.7. The van der Waals surface area contributed by atoms with Gasteiger partial charge in [-0.15, -0.1) is 11.8 Å². The summed E-state index contributed by atoms with van der Waals surface area (Å²) in [5.74, 6) is -1.71. The number of nitrogens with one attached hydrogen (secondary N) is 2. The summed E-state index contributed by atoms with van der Waals surface area (Å²) in [6.45, 7) is 4.26. The van der Waals surface area contributed by atoms with Gasteiger partial charge in [0.1, 0.15) is 16.8 Å². The van der Waals surface area contributed by atoms with Gasteiger partial charge in [0.15, 0.2) is 11.6 Å². The Balaban J connectivity index is 1.06. The average molecular weight is 878 g/mol. The van der Waals surface area contributed by atoms with Crippen molar-refractivity contribution in [2.45, 2.75) is 35.0 Å². The minimum absolute atomic E-state index is 0.191. The molecule has 60 heavy (non-hydrogen) atoms. The third kappa shape index (κ3) is 10.5. The number of hydrogen-bond donors (Lipinski definition) is 2. The minimum atomic E-state index is -5.21. The molecule has 5 aromatic carbocycles. The number of piperazine rings is 1. The van der Waals surface area contributed by atoms with Gasteiger partial charge in [0.2, 0.25) is 0 Å². The van der Waals surface area contributed by atoms with E-state index in [1.54, 1.807) is 12.1 Å². The second-order valence-electron chi connectivity index (χ2n) is 14.8. The molecule has 6 aromatic rings. The first-order valence-electron chi connectivity index (χ1n) is 19.3. The fraction of sp³-hybridized carbons (Fsp3) is 0.273. The van der Waals surface area contributed by atoms with Crippen LogP contribution in [0.4, 0.5) is 34.8 Å². The van der Waals surface area contributed by atoms with Gasteiger partial charge >= 0.3 is 6.18 Å². The van der Waals surface area contributed by atoms with Crippen LogP contribution in [-0.2, 0) is 22.7 Å². The Morgan fingerprint density at radius 1 is 0.883 bits per heavy atom. The van der Waals surface area contributed by atoms with Crippen molar-refractivity contribution in [1.29, 1.82) is 0 Å². The molecule has 0 radical (unpaired) electrons. The summed E-state index contributed by atoms with van der Waals surface area (Å²) >= 11 is 7.86. The quantitative estimate of drug-likeness (QED) is 0.0773. The molecule has 0 bridgehead atoms. The van der Waals surface area contributed by atoms with Crippen molar-refractivity contribution in [3.63, 3.8) is 0 Å². The molecule has 1 aromatic heterocycles. The molecular weight excluding hydrogens is 834 g/mol. The van der Waals surface area contributed by atoms with Crippen LogP contribution in [0, 0.1) is 5.82 Å². The van der Waals surface area contributed by atoms with E-state index in [9.17, 15) is 21.6 Å². The monoisotopic (exact) mass is 877 g/mol. The summed E-state index contributed by atoms with van der Waals surface area (Å²) in [6, 6.07) is 32.1. The molecule has 1 aliphatic heterocycles. The van der Waals surface area contributed by atoms with E-state index in [1.807, 2.05) is 85.7 Å². The predicted octanol–water partition coefficient (Wildman–Crippen LogP) is 9.76. The van der Waals surface area contributed by atoms with Crippen LogP contribution in [0.1, 0.15) is 17.5 Å². The van der Waals surface area contributed by atoms with Crippen molar-refractivity contribution in [3.8, 4) is 11.1 Å². The molecule has 1 atom stereocenters. The molecule has 2 N–H and O–H groups in total. The van der Waals surface area contributed by atoms with Crippen LogP contribution >= 0.6 is 23.4 Å². The molecule has 1 aliphatic rings. The van der Waals surface area contributed by atoms with Crippen LogP contribution in [0.15, 0.2) is 125 Å². The smallest absolute Gasteiger partial charge is 0.381 e. The molecule has 9 nitrogen and oxygen atoms in total. The molecule has 1 saturated heterocycles. The van der Waals surface area contributed by atoms with Gasteiger partial charge < -0.3 is 15.1 Å². The lowest BCUT2D eigenvalue weighted by atomic mass is 9.99. The number of benzene rings is 5. The Labute approximate surface area is 356 Å². The van der Waals surface area contributed by atoms with Crippen LogP contribution in [0.2, 0.25) is 5.02 Å². The number of nitrogens with zero attached hydrogens (tertiary/aromatic N) is 5. The third-order valence-electron chi connectivity index (χ3n) is 10.3. The van der Waals surface area contributed by atoms with Crippen molar-refractivity contribution in [1.82, 2.24) is 19.8 Å². The SMILES string of the molecule is CN(C)CC[C@H](CSc1ccccc1)Nc1ccc(S(=O)(=O)Nc2ncnc3cc(N4CCN(Cc5cc(Cl)ccc5-c5ccccc5)CC4)ccc23)c(F)c1C(F)(F)F. The Morgan fingerprint density at radius 3 is 2.30 bits per heavy atom. The van der Waals surface area contributed by atoms with Crippen LogP contribution < -0.4 is 14.9 Å². The number of aromatic nitrogens is 2. The molecule has 0 spiro atoms. The van der Waals surface area contributed by atoms with Crippen molar-refractivity contribution >= 4 is 61.5 Å². The zero-order chi connectivity index (χ0) is 42.4. The molecule has 314 valence electrons. The van der Waals surface area contributed by atoms with Gasteiger partial charge in [-0.25, -0.2) is 22.8 Å². The number of rotatable bonds is 15. The fourth-order valence-corrected chi connectivity index (χ4v) is 9.51. The Bertz CT molecular complexity index is 2530. The molecule has 7 rings (SSSR count). The zero-order valence-electron chi connectivity index (χ0n) is 33.0. The maximum absolute atomic E-state index is 16.0. The number of alkyl halides is 3. The Morgan fingerprint density at radius 2 is 1.60 bits per heavy atom. The number of halogens is 5. The number of fused-ring (bicyclic) bond motifs is 1. The van der Waals surface area contributed by atoms with Gasteiger partial charge in [-0.1, -0.05) is 66.2 Å². The highest BCUT2D eigenvalue weighted by atomic mass is 35.5. The van der Waals surface area contributed by atoms with Gasteiger partial charge in [0, 0.05) is 71.2 Å². The van der Waals surface area contributed by atoms with E-state index in [1.165, 1.54) is 11.8 Å². The van der Waals surface area contributed by atoms with Crippen LogP contribution in [0.5, 0.6) is 0 Å². The van der Waals surface area contributed by atoms with E-state index < -0.39 is 44.2 Å². The largest absolute Gasteiger partial charge is 0.421 e. The van der Waals surface area contributed by atoms with Gasteiger partial charge in [0.25, 0.3) is 10.0 Å². The van der Waals surface area contributed by atoms with Crippen molar-refractivity contribution < 1.29 is 26.0 Å². The molecular formula is C44H44ClF4N7O2S2. The lowest BCUT2D eigenvalue weighted by molar-refractivity contribution is -0.139. The zero-order valence-corrected chi connectivity index (χ0v) is 35.4. The summed E-state index contributed by atoms with van der Waals surface area (Å²) in [5.41, 5.74) is 2.43. The topological polar surface area (TPSA) is 93.7 Å². The maximum Gasteiger partial charge on any atom is 0.421 e. The third-order valence-corrected chi connectivity index (χ3v) is 13.1. The Kier molecular flexibility index (Phi) is 13.5. The van der Waals surface area contributed by atoms with Crippen molar-refractivity contribution in [2.24, 2.45) is 0 Å². The molecule has 16 heteroatoms. The normalized spacial score (nSPS) is 14.4. The van der Waals surface area contributed by atoms with Crippen LogP contribution in [-0.4, -0.2) is 86.8 Å². The molecule has 0 amide bonds. The van der Waals surface area contributed by atoms with Gasteiger partial charge in [0.05, 0.1) is 5.52 Å². The highest BCUT2D eigenvalue weighted by molar-refractivity contribution is 7.99. The van der Waals surface area contributed by atoms with Crippen LogP contribution in [0.25, 0.3) is 22.0 Å². The lowest BCUT2D eigenvalue weighted by Gasteiger charge is -2.36. The van der Waals surface area contributed by atoms with Gasteiger partial charge in [-0.05, 0) is 98.3 Å². The number of thioether (sulfide) groups is 1. The molecule has 1 fully saturated rings. The number of hydrogen-bond acceptors (Lipinski definition) is 9. The van der Waals surface area contributed by atoms with E-state index in [4.69, 9.17) is 11.6 Å². The van der Waals surface area contributed by atoms with E-state index >= 15 is 4.39 Å². The predicted molar refractivity (Wildman–Crippen MR) is 234 cm³/mol. The summed E-state index contributed by atoms with van der Waals surface area (Å²) < 4.78 is 89.4. The summed E-state index contributed by atoms with van der Waals surface area (Å²) in [6.07, 6.45) is -3.60. The Hall–Kier alpha value is -4.93. The van der Waals surface area contributed by atoms with Gasteiger partial charge in [-0.3, -0.25) is 9.62 Å². The van der Waals surface area contributed by atoms with Crippen molar-refractivity contribution in [3.05, 3.63) is 137 Å². The van der Waals surface area contributed by atoms with Gasteiger partial charge in [-0.2, -0.15) is 13.2 Å². The van der Waals surface area contributed by atoms with E-state index in [0.717, 1.165) is 65.4 Å². The minimum Gasteiger partial charge on any atom is -0.381 e. The van der Waals surface area contributed by atoms with E-state index in [0.29, 0.717) is 47.7 Å². The van der Waals surface area contributed by atoms with E-state index in [-0.39, 0.29) is 5.82 Å². The highest BCUT2D eigenvalue weighted by Crippen LogP contribution is 2.40. The van der Waals surface area contributed by atoms with E-state index in [2.05, 4.69) is 48.0 Å². The first-order valence-corrected chi connectivity index (χ1v) is 22.2. The highest BCUT2D eigenvalue weighted by Gasteiger charge is 2.40.